The van der Waals surface area contributed by atoms with Crippen LogP contribution in [0, 0.1) is 12.8 Å². The molecule has 0 saturated carbocycles. The van der Waals surface area contributed by atoms with Crippen molar-refractivity contribution in [3.8, 4) is 0 Å². The van der Waals surface area contributed by atoms with Crippen molar-refractivity contribution in [2.45, 2.75) is 30.7 Å². The zero-order valence-corrected chi connectivity index (χ0v) is 13.8. The Balaban J connectivity index is 2.35. The van der Waals surface area contributed by atoms with Crippen LogP contribution in [0.4, 0.5) is 0 Å². The Morgan fingerprint density at radius 1 is 1.45 bits per heavy atom. The Kier molecular flexibility index (Phi) is 4.44. The Bertz CT molecular complexity index is 584. The third-order valence-electron chi connectivity index (χ3n) is 3.89. The molecule has 1 fully saturated rings. The van der Waals surface area contributed by atoms with Crippen LogP contribution in [0.15, 0.2) is 4.90 Å². The molecule has 1 aromatic rings. The quantitative estimate of drug-likeness (QED) is 0.841. The average Bonchev–Trinajstić information content (AvgIpc) is 2.92. The summed E-state index contributed by atoms with van der Waals surface area (Å²) >= 11 is 5.79. The van der Waals surface area contributed by atoms with Gasteiger partial charge in [-0.25, -0.2) is 8.42 Å². The van der Waals surface area contributed by atoms with Crippen LogP contribution in [0.25, 0.3) is 0 Å². The minimum absolute atomic E-state index is 0.0827. The van der Waals surface area contributed by atoms with E-state index in [9.17, 15) is 8.42 Å². The summed E-state index contributed by atoms with van der Waals surface area (Å²) in [5.41, 5.74) is 0.937. The number of aromatic nitrogens is 2. The maximum Gasteiger partial charge on any atom is 0.246 e. The monoisotopic (exact) mass is 320 g/mol. The number of nitrogens with zero attached hydrogens (tertiary/aromatic N) is 3. The Labute approximate surface area is 125 Å². The minimum atomic E-state index is -3.54. The van der Waals surface area contributed by atoms with Crippen molar-refractivity contribution in [2.24, 2.45) is 5.92 Å². The third kappa shape index (κ3) is 2.59. The maximum absolute atomic E-state index is 12.8. The van der Waals surface area contributed by atoms with Crippen molar-refractivity contribution in [3.63, 3.8) is 0 Å². The normalized spacial score (nSPS) is 24.7. The van der Waals surface area contributed by atoms with Gasteiger partial charge in [0.15, 0.2) is 0 Å². The summed E-state index contributed by atoms with van der Waals surface area (Å²) in [6, 6.07) is 0.233. The topological polar surface area (TPSA) is 69.3 Å². The molecule has 20 heavy (non-hydrogen) atoms. The fraction of sp³-hybridized carbons (Fsp3) is 0.750. The summed E-state index contributed by atoms with van der Waals surface area (Å²) in [6.45, 7) is 4.81. The molecule has 6 nitrogen and oxygen atoms in total. The average molecular weight is 321 g/mol. The van der Waals surface area contributed by atoms with Crippen LogP contribution in [0.3, 0.4) is 0 Å². The van der Waals surface area contributed by atoms with Gasteiger partial charge in [0.25, 0.3) is 0 Å². The fourth-order valence-corrected chi connectivity index (χ4v) is 4.97. The number of likely N-dealkylation sites (N-methyl/N-ethyl adjacent to an activating group) is 1. The Hall–Kier alpha value is -0.630. The lowest BCUT2D eigenvalue weighted by atomic mass is 10.1. The zero-order valence-electron chi connectivity index (χ0n) is 12.2. The van der Waals surface area contributed by atoms with Crippen molar-refractivity contribution in [3.05, 3.63) is 11.4 Å². The van der Waals surface area contributed by atoms with Gasteiger partial charge in [0, 0.05) is 19.1 Å². The minimum Gasteiger partial charge on any atom is -0.305 e. The predicted molar refractivity (Wildman–Crippen MR) is 78.3 cm³/mol. The van der Waals surface area contributed by atoms with E-state index in [-0.39, 0.29) is 16.8 Å². The molecule has 2 rings (SSSR count). The molecular weight excluding hydrogens is 300 g/mol. The van der Waals surface area contributed by atoms with E-state index in [0.29, 0.717) is 30.4 Å². The first kappa shape index (κ1) is 15.8. The largest absolute Gasteiger partial charge is 0.305 e. The number of hydrogen-bond acceptors (Lipinski definition) is 4. The number of aromatic amines is 1. The highest BCUT2D eigenvalue weighted by molar-refractivity contribution is 7.89. The van der Waals surface area contributed by atoms with Gasteiger partial charge in [-0.1, -0.05) is 6.92 Å². The lowest BCUT2D eigenvalue weighted by Gasteiger charge is -2.22. The fourth-order valence-electron chi connectivity index (χ4n) is 2.81. The van der Waals surface area contributed by atoms with Crippen LogP contribution in [-0.4, -0.2) is 61.0 Å². The summed E-state index contributed by atoms with van der Waals surface area (Å²) in [4.78, 5) is 2.31. The lowest BCUT2D eigenvalue weighted by molar-refractivity contribution is 0.263. The number of alkyl halides is 1. The molecule has 8 heteroatoms. The van der Waals surface area contributed by atoms with Gasteiger partial charge in [0.1, 0.15) is 4.90 Å². The molecule has 0 bridgehead atoms. The smallest absolute Gasteiger partial charge is 0.246 e. The molecule has 2 heterocycles. The van der Waals surface area contributed by atoms with E-state index in [0.717, 1.165) is 0 Å². The number of hydrogen-bond donors (Lipinski definition) is 1. The van der Waals surface area contributed by atoms with Gasteiger partial charge in [-0.3, -0.25) is 5.10 Å². The van der Waals surface area contributed by atoms with Crippen LogP contribution in [-0.2, 0) is 15.9 Å². The highest BCUT2D eigenvalue weighted by Crippen LogP contribution is 2.29. The molecule has 0 spiro atoms. The van der Waals surface area contributed by atoms with Gasteiger partial charge in [-0.2, -0.15) is 9.40 Å². The molecular formula is C12H21ClN4O2S. The number of rotatable bonds is 4. The van der Waals surface area contributed by atoms with Gasteiger partial charge < -0.3 is 4.90 Å². The number of sulfonamides is 1. The number of halogens is 1. The Morgan fingerprint density at radius 2 is 2.10 bits per heavy atom. The highest BCUT2D eigenvalue weighted by atomic mass is 35.5. The van der Waals surface area contributed by atoms with Crippen LogP contribution in [0.2, 0.25) is 0 Å². The number of aryl methyl sites for hydroxylation is 1. The molecule has 2 unspecified atom stereocenters. The van der Waals surface area contributed by atoms with Gasteiger partial charge in [0.05, 0.1) is 17.3 Å². The lowest BCUT2D eigenvalue weighted by Crippen LogP contribution is -2.36. The first-order valence-corrected chi connectivity index (χ1v) is 8.52. The molecule has 2 atom stereocenters. The van der Waals surface area contributed by atoms with Gasteiger partial charge >= 0.3 is 0 Å². The van der Waals surface area contributed by atoms with Gasteiger partial charge in [-0.15, -0.1) is 11.6 Å². The molecule has 1 aliphatic heterocycles. The predicted octanol–water partition coefficient (Wildman–Crippen LogP) is 1.03. The molecule has 1 saturated heterocycles. The maximum atomic E-state index is 12.8. The van der Waals surface area contributed by atoms with Crippen molar-refractivity contribution in [1.29, 1.82) is 0 Å². The zero-order chi connectivity index (χ0) is 15.1. The van der Waals surface area contributed by atoms with E-state index in [1.54, 1.807) is 6.92 Å². The van der Waals surface area contributed by atoms with Crippen LogP contribution in [0.1, 0.15) is 18.3 Å². The highest BCUT2D eigenvalue weighted by Gasteiger charge is 2.40. The molecule has 0 aliphatic carbocycles. The number of H-pyrrole nitrogens is 1. The van der Waals surface area contributed by atoms with Crippen molar-refractivity contribution < 1.29 is 8.42 Å². The Morgan fingerprint density at radius 3 is 2.60 bits per heavy atom. The van der Waals surface area contributed by atoms with Gasteiger partial charge in [-0.05, 0) is 26.9 Å². The molecule has 0 radical (unpaired) electrons. The first-order chi connectivity index (χ1) is 9.28. The summed E-state index contributed by atoms with van der Waals surface area (Å²) in [6.07, 6.45) is 0. The molecule has 114 valence electrons. The van der Waals surface area contributed by atoms with E-state index in [1.165, 1.54) is 4.31 Å². The van der Waals surface area contributed by atoms with E-state index in [1.807, 2.05) is 14.1 Å². The van der Waals surface area contributed by atoms with Crippen molar-refractivity contribution in [1.82, 2.24) is 19.4 Å². The van der Waals surface area contributed by atoms with Crippen molar-refractivity contribution >= 4 is 21.6 Å². The summed E-state index contributed by atoms with van der Waals surface area (Å²) in [5.74, 6) is 0.380. The molecule has 0 amide bonds. The van der Waals surface area contributed by atoms with Gasteiger partial charge in [0.2, 0.25) is 10.0 Å². The SMILES string of the molecule is Cc1[nH]nc(CCl)c1S(=O)(=O)N1CC(C)C(N(C)C)C1. The number of nitrogens with one attached hydrogen (secondary N) is 1. The van der Waals surface area contributed by atoms with Crippen LogP contribution < -0.4 is 0 Å². The molecule has 1 aliphatic rings. The molecule has 0 aromatic carbocycles. The summed E-state index contributed by atoms with van der Waals surface area (Å²) < 4.78 is 27.1. The van der Waals surface area contributed by atoms with E-state index >= 15 is 0 Å². The molecule has 1 N–H and O–H groups in total. The second-order valence-corrected chi connectivity index (χ2v) is 7.73. The first-order valence-electron chi connectivity index (χ1n) is 6.55. The van der Waals surface area contributed by atoms with Crippen molar-refractivity contribution in [2.75, 3.05) is 27.2 Å². The summed E-state index contributed by atoms with van der Waals surface area (Å²) in [7, 11) is 0.414. The third-order valence-corrected chi connectivity index (χ3v) is 6.18. The van der Waals surface area contributed by atoms with Crippen LogP contribution in [0.5, 0.6) is 0 Å². The molecule has 1 aromatic heterocycles. The second-order valence-electron chi connectivity index (χ2n) is 5.59. The second kappa shape index (κ2) is 5.63. The van der Waals surface area contributed by atoms with E-state index < -0.39 is 10.0 Å². The summed E-state index contributed by atoms with van der Waals surface area (Å²) in [5, 5.41) is 6.68. The van der Waals surface area contributed by atoms with E-state index in [2.05, 4.69) is 22.0 Å². The standard InChI is InChI=1S/C12H21ClN4O2S/c1-8-6-17(7-11(8)16(3)4)20(18,19)12-9(2)14-15-10(12)5-13/h8,11H,5-7H2,1-4H3,(H,14,15). The van der Waals surface area contributed by atoms with Crippen LogP contribution >= 0.6 is 11.6 Å². The van der Waals surface area contributed by atoms with E-state index in [4.69, 9.17) is 11.6 Å².